The van der Waals surface area contributed by atoms with Crippen molar-refractivity contribution in [2.24, 2.45) is 4.99 Å². The number of rotatable bonds is 5. The van der Waals surface area contributed by atoms with Crippen LogP contribution in [-0.4, -0.2) is 16.6 Å². The van der Waals surface area contributed by atoms with Crippen molar-refractivity contribution in [2.75, 3.05) is 5.32 Å². The van der Waals surface area contributed by atoms with Crippen molar-refractivity contribution < 1.29 is 4.79 Å². The number of halogens is 1. The maximum absolute atomic E-state index is 12.7. The average Bonchev–Trinajstić information content (AvgIpc) is 3.22. The summed E-state index contributed by atoms with van der Waals surface area (Å²) in [6.07, 6.45) is 3.51. The molecule has 0 atom stereocenters. The minimum atomic E-state index is -0.198. The van der Waals surface area contributed by atoms with Crippen molar-refractivity contribution in [1.82, 2.24) is 4.98 Å². The zero-order chi connectivity index (χ0) is 21.1. The number of fused-ring (bicyclic) bond motifs is 1. The van der Waals surface area contributed by atoms with Gasteiger partial charge in [-0.05, 0) is 66.4 Å². The lowest BCUT2D eigenvalue weighted by atomic mass is 10.1. The molecule has 0 fully saturated rings. The number of allylic oxidation sites excluding steroid dienone is 1. The molecule has 0 aliphatic carbocycles. The third-order valence-electron chi connectivity index (χ3n) is 4.87. The van der Waals surface area contributed by atoms with Crippen LogP contribution in [0.25, 0.3) is 10.9 Å². The molecular weight excluding hydrogens is 394 g/mol. The second-order valence-electron chi connectivity index (χ2n) is 6.92. The minimum absolute atomic E-state index is 0.198. The Balaban J connectivity index is 1.64. The van der Waals surface area contributed by atoms with E-state index in [2.05, 4.69) is 16.9 Å². The molecule has 1 heterocycles. The largest absolute Gasteiger partial charge is 0.361 e. The Morgan fingerprint density at radius 3 is 2.73 bits per heavy atom. The Morgan fingerprint density at radius 1 is 1.10 bits per heavy atom. The molecule has 0 spiro atoms. The van der Waals surface area contributed by atoms with E-state index >= 15 is 0 Å². The molecule has 3 aromatic carbocycles. The van der Waals surface area contributed by atoms with Gasteiger partial charge in [-0.15, -0.1) is 0 Å². The van der Waals surface area contributed by atoms with Gasteiger partial charge in [0.25, 0.3) is 5.91 Å². The summed E-state index contributed by atoms with van der Waals surface area (Å²) in [4.78, 5) is 20.6. The normalized spacial score (nSPS) is 11.5. The van der Waals surface area contributed by atoms with Crippen LogP contribution < -0.4 is 5.32 Å². The van der Waals surface area contributed by atoms with Gasteiger partial charge in [0.1, 0.15) is 0 Å². The van der Waals surface area contributed by atoms with Gasteiger partial charge >= 0.3 is 0 Å². The van der Waals surface area contributed by atoms with Crippen molar-refractivity contribution in [1.29, 1.82) is 0 Å². The van der Waals surface area contributed by atoms with Gasteiger partial charge < -0.3 is 10.3 Å². The van der Waals surface area contributed by atoms with Crippen LogP contribution in [0.2, 0.25) is 5.02 Å². The van der Waals surface area contributed by atoms with Crippen molar-refractivity contribution >= 4 is 45.5 Å². The van der Waals surface area contributed by atoms with Gasteiger partial charge in [-0.3, -0.25) is 4.79 Å². The molecule has 0 bridgehead atoms. The number of hydrogen-bond acceptors (Lipinski definition) is 2. The summed E-state index contributed by atoms with van der Waals surface area (Å²) in [6.45, 7) is 5.88. The Bertz CT molecular complexity index is 1290. The monoisotopic (exact) mass is 413 g/mol. The molecule has 0 aliphatic heterocycles. The summed E-state index contributed by atoms with van der Waals surface area (Å²) in [7, 11) is 0. The number of nitrogens with zero attached hydrogens (tertiary/aromatic N) is 1. The fourth-order valence-corrected chi connectivity index (χ4v) is 3.44. The topological polar surface area (TPSA) is 57.2 Å². The number of para-hydroxylation sites is 1. The summed E-state index contributed by atoms with van der Waals surface area (Å²) in [6, 6.07) is 20.7. The molecule has 1 aromatic heterocycles. The highest BCUT2D eigenvalue weighted by molar-refractivity contribution is 6.35. The van der Waals surface area contributed by atoms with Crippen molar-refractivity contribution in [3.8, 4) is 0 Å². The SMILES string of the molecule is C=CC(=Nc1ccccc1C)c1cc(NC(=O)c2ccc3cc[nH]c3c2)ccc1Cl. The first kappa shape index (κ1) is 19.7. The molecule has 30 heavy (non-hydrogen) atoms. The fraction of sp³-hybridized carbons (Fsp3) is 0.0400. The number of benzene rings is 3. The molecular formula is C25H20ClN3O. The van der Waals surface area contributed by atoms with Gasteiger partial charge in [-0.1, -0.05) is 42.4 Å². The smallest absolute Gasteiger partial charge is 0.255 e. The second-order valence-corrected chi connectivity index (χ2v) is 7.32. The fourth-order valence-electron chi connectivity index (χ4n) is 3.23. The number of aryl methyl sites for hydroxylation is 1. The van der Waals surface area contributed by atoms with Gasteiger partial charge in [0.05, 0.1) is 16.4 Å². The maximum atomic E-state index is 12.7. The number of aromatic nitrogens is 1. The second kappa shape index (κ2) is 8.39. The first-order valence-corrected chi connectivity index (χ1v) is 9.88. The Kier molecular flexibility index (Phi) is 5.50. The lowest BCUT2D eigenvalue weighted by molar-refractivity contribution is 0.102. The third-order valence-corrected chi connectivity index (χ3v) is 5.20. The van der Waals surface area contributed by atoms with Crippen LogP contribution >= 0.6 is 11.6 Å². The number of H-pyrrole nitrogens is 1. The summed E-state index contributed by atoms with van der Waals surface area (Å²) in [5, 5.41) is 4.53. The summed E-state index contributed by atoms with van der Waals surface area (Å²) < 4.78 is 0. The first-order chi connectivity index (χ1) is 14.5. The van der Waals surface area contributed by atoms with Gasteiger partial charge in [-0.25, -0.2) is 4.99 Å². The van der Waals surface area contributed by atoms with E-state index in [-0.39, 0.29) is 5.91 Å². The van der Waals surface area contributed by atoms with Gasteiger partial charge in [0.2, 0.25) is 0 Å². The van der Waals surface area contributed by atoms with E-state index in [0.29, 0.717) is 27.5 Å². The average molecular weight is 414 g/mol. The number of anilines is 1. The molecule has 0 saturated carbocycles. The van der Waals surface area contributed by atoms with Gasteiger partial charge in [0, 0.05) is 28.5 Å². The summed E-state index contributed by atoms with van der Waals surface area (Å²) >= 11 is 6.44. The van der Waals surface area contributed by atoms with E-state index in [1.165, 1.54) is 0 Å². The number of nitrogens with one attached hydrogen (secondary N) is 2. The number of carbonyl (C=O) groups is 1. The zero-order valence-corrected chi connectivity index (χ0v) is 17.2. The minimum Gasteiger partial charge on any atom is -0.361 e. The van der Waals surface area contributed by atoms with Gasteiger partial charge in [-0.2, -0.15) is 0 Å². The van der Waals surface area contributed by atoms with Crippen LogP contribution in [0.3, 0.4) is 0 Å². The summed E-state index contributed by atoms with van der Waals surface area (Å²) in [5.41, 5.74) is 5.35. The predicted molar refractivity (Wildman–Crippen MR) is 125 cm³/mol. The highest BCUT2D eigenvalue weighted by Gasteiger charge is 2.12. The first-order valence-electron chi connectivity index (χ1n) is 9.50. The number of amides is 1. The molecule has 0 unspecified atom stereocenters. The molecule has 0 radical (unpaired) electrons. The van der Waals surface area contributed by atoms with E-state index in [1.807, 2.05) is 61.7 Å². The highest BCUT2D eigenvalue weighted by atomic mass is 35.5. The van der Waals surface area contributed by atoms with Crippen LogP contribution in [-0.2, 0) is 0 Å². The number of aromatic amines is 1. The van der Waals surface area contributed by atoms with Crippen LogP contribution in [0.5, 0.6) is 0 Å². The Labute approximate surface area is 179 Å². The lowest BCUT2D eigenvalue weighted by Gasteiger charge is -2.10. The van der Waals surface area contributed by atoms with Crippen LogP contribution in [0.4, 0.5) is 11.4 Å². The van der Waals surface area contributed by atoms with Crippen molar-refractivity contribution in [3.63, 3.8) is 0 Å². The van der Waals surface area contributed by atoms with Crippen molar-refractivity contribution in [3.05, 3.63) is 107 Å². The van der Waals surface area contributed by atoms with Crippen molar-refractivity contribution in [2.45, 2.75) is 6.92 Å². The van der Waals surface area contributed by atoms with E-state index in [9.17, 15) is 4.79 Å². The van der Waals surface area contributed by atoms with Crippen LogP contribution in [0.1, 0.15) is 21.5 Å². The molecule has 1 amide bonds. The zero-order valence-electron chi connectivity index (χ0n) is 16.4. The van der Waals surface area contributed by atoms with Crippen LogP contribution in [0.15, 0.2) is 90.6 Å². The Hall–Kier alpha value is -3.63. The number of aliphatic imine (C=N–C) groups is 1. The van der Waals surface area contributed by atoms with E-state index in [4.69, 9.17) is 16.6 Å². The summed E-state index contributed by atoms with van der Waals surface area (Å²) in [5.74, 6) is -0.198. The molecule has 5 heteroatoms. The highest BCUT2D eigenvalue weighted by Crippen LogP contribution is 2.26. The van der Waals surface area contributed by atoms with E-state index in [0.717, 1.165) is 22.2 Å². The molecule has 2 N–H and O–H groups in total. The van der Waals surface area contributed by atoms with E-state index in [1.54, 1.807) is 24.3 Å². The number of carbonyl (C=O) groups excluding carboxylic acids is 1. The Morgan fingerprint density at radius 2 is 1.93 bits per heavy atom. The maximum Gasteiger partial charge on any atom is 0.255 e. The lowest BCUT2D eigenvalue weighted by Crippen LogP contribution is -2.12. The van der Waals surface area contributed by atoms with Gasteiger partial charge in [0.15, 0.2) is 0 Å². The molecule has 0 saturated heterocycles. The predicted octanol–water partition coefficient (Wildman–Crippen LogP) is 6.69. The third kappa shape index (κ3) is 4.04. The van der Waals surface area contributed by atoms with Crippen LogP contribution in [0, 0.1) is 6.92 Å². The molecule has 0 aliphatic rings. The molecule has 4 nitrogen and oxygen atoms in total. The standard InChI is InChI=1S/C25H20ClN3O/c1-3-22(29-23-7-5-4-6-16(23)2)20-15-19(10-11-21(20)26)28-25(30)18-9-8-17-12-13-27-24(17)14-18/h3-15,27H,1H2,2H3,(H,28,30). The molecule has 148 valence electrons. The molecule has 4 rings (SSSR count). The quantitative estimate of drug-likeness (QED) is 0.352. The van der Waals surface area contributed by atoms with E-state index < -0.39 is 0 Å². The molecule has 4 aromatic rings. The number of hydrogen-bond donors (Lipinski definition) is 2.